The Morgan fingerprint density at radius 2 is 1.86 bits per heavy atom. The van der Waals surface area contributed by atoms with Gasteiger partial charge in [0.25, 0.3) is 0 Å². The molecule has 6 rings (SSSR count). The van der Waals surface area contributed by atoms with E-state index >= 15 is 0 Å². The number of ether oxygens (including phenoxy) is 1. The highest BCUT2D eigenvalue weighted by atomic mass is 16.6. The zero-order valence-corrected chi connectivity index (χ0v) is 23.1. The molecule has 0 spiro atoms. The van der Waals surface area contributed by atoms with Gasteiger partial charge in [0.1, 0.15) is 23.7 Å². The Morgan fingerprint density at radius 3 is 2.67 bits per heavy atom. The van der Waals surface area contributed by atoms with Gasteiger partial charge in [-0.25, -0.2) is 23.9 Å². The van der Waals surface area contributed by atoms with E-state index in [-0.39, 0.29) is 18.1 Å². The minimum Gasteiger partial charge on any atom is -0.456 e. The summed E-state index contributed by atoms with van der Waals surface area (Å²) in [6, 6.07) is 10.8. The van der Waals surface area contributed by atoms with E-state index in [1.807, 2.05) is 18.2 Å². The first-order valence-electron chi connectivity index (χ1n) is 14.0. The van der Waals surface area contributed by atoms with Crippen LogP contribution in [0.25, 0.3) is 11.0 Å². The van der Waals surface area contributed by atoms with Gasteiger partial charge in [-0.3, -0.25) is 4.79 Å². The number of hydrogen-bond donors (Lipinski definition) is 3. The zero-order chi connectivity index (χ0) is 29.2. The average molecular weight is 574 g/mol. The fourth-order valence-corrected chi connectivity index (χ4v) is 5.87. The number of carbonyl (C=O) groups is 4. The number of cyclic esters (lactones) is 1. The topological polar surface area (TPSA) is 159 Å². The number of nitrogens with zero attached hydrogens (tertiary/aromatic N) is 4. The first-order valence-corrected chi connectivity index (χ1v) is 14.0. The molecular weight excluding hydrogens is 542 g/mol. The molecule has 1 aromatic heterocycles. The third kappa shape index (κ3) is 5.55. The molecule has 3 aliphatic rings. The van der Waals surface area contributed by atoms with E-state index in [2.05, 4.69) is 37.2 Å². The summed E-state index contributed by atoms with van der Waals surface area (Å²) in [5, 5.41) is 16.0. The number of likely N-dealkylation sites (tertiary alicyclic amines) is 1. The summed E-state index contributed by atoms with van der Waals surface area (Å²) in [7, 11) is 0. The predicted octanol–water partition coefficient (Wildman–Crippen LogP) is 3.04. The van der Waals surface area contributed by atoms with E-state index in [1.165, 1.54) is 12.5 Å². The Morgan fingerprint density at radius 1 is 1.05 bits per heavy atom. The van der Waals surface area contributed by atoms with Crippen molar-refractivity contribution in [3.05, 3.63) is 64.9 Å². The second-order valence-electron chi connectivity index (χ2n) is 10.7. The van der Waals surface area contributed by atoms with Crippen LogP contribution in [0.4, 0.5) is 15.3 Å². The Labute approximate surface area is 241 Å². The molecule has 3 aliphatic heterocycles. The number of benzene rings is 2. The minimum absolute atomic E-state index is 0.0585. The average Bonchev–Trinajstić information content (AvgIpc) is 3.60. The van der Waals surface area contributed by atoms with Gasteiger partial charge in [0.2, 0.25) is 5.91 Å². The van der Waals surface area contributed by atoms with E-state index in [9.17, 15) is 19.2 Å². The quantitative estimate of drug-likeness (QED) is 0.285. The van der Waals surface area contributed by atoms with Gasteiger partial charge in [0, 0.05) is 19.2 Å². The van der Waals surface area contributed by atoms with Gasteiger partial charge < -0.3 is 25.6 Å². The van der Waals surface area contributed by atoms with E-state index in [4.69, 9.17) is 9.37 Å². The lowest BCUT2D eigenvalue weighted by molar-refractivity contribution is -0.136. The molecule has 0 aliphatic carbocycles. The Kier molecular flexibility index (Phi) is 7.57. The first-order chi connectivity index (χ1) is 20.4. The molecule has 1 saturated heterocycles. The van der Waals surface area contributed by atoms with Crippen LogP contribution < -0.4 is 16.0 Å². The maximum atomic E-state index is 13.3. The highest BCUT2D eigenvalue weighted by molar-refractivity contribution is 6.03. The van der Waals surface area contributed by atoms with Crippen molar-refractivity contribution >= 4 is 40.7 Å². The number of esters is 1. The molecule has 1 fully saturated rings. The number of amides is 5. The summed E-state index contributed by atoms with van der Waals surface area (Å²) in [5.74, 6) is -0.242. The van der Waals surface area contributed by atoms with Crippen molar-refractivity contribution in [3.63, 3.8) is 0 Å². The molecule has 3 aromatic rings. The molecule has 42 heavy (non-hydrogen) atoms. The maximum absolute atomic E-state index is 13.3. The maximum Gasteiger partial charge on any atom is 0.338 e. The van der Waals surface area contributed by atoms with Crippen molar-refractivity contribution in [2.75, 3.05) is 38.1 Å². The fourth-order valence-electron chi connectivity index (χ4n) is 5.87. The number of aromatic nitrogens is 2. The summed E-state index contributed by atoms with van der Waals surface area (Å²) in [4.78, 5) is 53.8. The van der Waals surface area contributed by atoms with Crippen LogP contribution in [0.5, 0.6) is 0 Å². The van der Waals surface area contributed by atoms with Crippen LogP contribution in [-0.2, 0) is 14.3 Å². The third-order valence-corrected chi connectivity index (χ3v) is 7.91. The molecule has 1 unspecified atom stereocenters. The summed E-state index contributed by atoms with van der Waals surface area (Å²) < 4.78 is 9.95. The molecule has 2 aromatic carbocycles. The Bertz CT molecular complexity index is 1580. The van der Waals surface area contributed by atoms with Gasteiger partial charge in [-0.1, -0.05) is 18.2 Å². The summed E-state index contributed by atoms with van der Waals surface area (Å²) in [5.41, 5.74) is 4.08. The number of urea groups is 2. The first kappa shape index (κ1) is 27.4. The van der Waals surface area contributed by atoms with E-state index in [0.29, 0.717) is 41.2 Å². The second kappa shape index (κ2) is 11.6. The Balaban J connectivity index is 1.05. The van der Waals surface area contributed by atoms with E-state index < -0.39 is 24.1 Å². The van der Waals surface area contributed by atoms with Crippen molar-refractivity contribution < 1.29 is 28.5 Å². The van der Waals surface area contributed by atoms with Gasteiger partial charge in [0.15, 0.2) is 0 Å². The highest BCUT2D eigenvalue weighted by Crippen LogP contribution is 2.38. The molecule has 5 amide bonds. The molecule has 13 heteroatoms. The lowest BCUT2D eigenvalue weighted by Crippen LogP contribution is -2.54. The van der Waals surface area contributed by atoms with Crippen molar-refractivity contribution in [1.82, 2.24) is 30.7 Å². The van der Waals surface area contributed by atoms with Crippen LogP contribution in [0, 0.1) is 0 Å². The normalized spacial score (nSPS) is 19.5. The van der Waals surface area contributed by atoms with Crippen LogP contribution in [0.1, 0.15) is 49.3 Å². The molecular formula is C29H31N7O6. The standard InChI is InChI=1S/C29H31N7O6/c1-17(37)31-21-5-2-4-19(14-21)18-8-12-35(13-9-18)11-3-10-30-28(39)36-26(20-6-7-22-23(15-20)34-42-33-22)25-24(32-29(36)40)16-41-27(25)38/h2,4-7,14-15,18,26H,3,8-13,16H2,1H3,(H,30,39)(H,31,37)(H,32,40). The van der Waals surface area contributed by atoms with Crippen LogP contribution in [0.15, 0.2) is 58.4 Å². The smallest absolute Gasteiger partial charge is 0.338 e. The Hall–Kier alpha value is -4.78. The fraction of sp³-hybridized carbons (Fsp3) is 0.379. The largest absolute Gasteiger partial charge is 0.456 e. The van der Waals surface area contributed by atoms with Crippen molar-refractivity contribution in [2.24, 2.45) is 0 Å². The molecule has 1 atom stereocenters. The van der Waals surface area contributed by atoms with Crippen molar-refractivity contribution in [1.29, 1.82) is 0 Å². The lowest BCUT2D eigenvalue weighted by Gasteiger charge is -2.34. The summed E-state index contributed by atoms with van der Waals surface area (Å²) >= 11 is 0. The van der Waals surface area contributed by atoms with Crippen LogP contribution in [-0.4, -0.2) is 76.8 Å². The molecule has 0 bridgehead atoms. The number of fused-ring (bicyclic) bond motifs is 1. The van der Waals surface area contributed by atoms with Gasteiger partial charge in [0.05, 0.1) is 11.3 Å². The van der Waals surface area contributed by atoms with Gasteiger partial charge in [-0.05, 0) is 90.5 Å². The number of piperidine rings is 1. The molecule has 218 valence electrons. The third-order valence-electron chi connectivity index (χ3n) is 7.91. The molecule has 13 nitrogen and oxygen atoms in total. The van der Waals surface area contributed by atoms with Crippen molar-refractivity contribution in [2.45, 2.75) is 38.1 Å². The second-order valence-corrected chi connectivity index (χ2v) is 10.7. The number of anilines is 1. The minimum atomic E-state index is -0.979. The van der Waals surface area contributed by atoms with Crippen LogP contribution >= 0.6 is 0 Å². The van der Waals surface area contributed by atoms with E-state index in [0.717, 1.165) is 43.1 Å². The molecule has 4 heterocycles. The number of rotatable bonds is 7. The lowest BCUT2D eigenvalue weighted by atomic mass is 9.89. The van der Waals surface area contributed by atoms with Gasteiger partial charge in [-0.15, -0.1) is 0 Å². The van der Waals surface area contributed by atoms with Crippen LogP contribution in [0.3, 0.4) is 0 Å². The zero-order valence-electron chi connectivity index (χ0n) is 23.1. The van der Waals surface area contributed by atoms with Gasteiger partial charge in [-0.2, -0.15) is 0 Å². The number of imide groups is 1. The predicted molar refractivity (Wildman–Crippen MR) is 150 cm³/mol. The summed E-state index contributed by atoms with van der Waals surface area (Å²) in [6.07, 6.45) is 2.70. The number of carbonyl (C=O) groups excluding carboxylic acids is 4. The molecule has 0 saturated carbocycles. The summed E-state index contributed by atoms with van der Waals surface area (Å²) in [6.45, 7) is 4.46. The van der Waals surface area contributed by atoms with Crippen molar-refractivity contribution in [3.8, 4) is 0 Å². The number of hydrogen-bond acceptors (Lipinski definition) is 9. The number of nitrogens with one attached hydrogen (secondary N) is 3. The molecule has 0 radical (unpaired) electrons. The molecule has 3 N–H and O–H groups in total. The monoisotopic (exact) mass is 573 g/mol. The SMILES string of the molecule is CC(=O)Nc1cccc(C2CCN(CCCNC(=O)N3C(=O)NC4=C(C(=O)OC4)C3c3ccc4nonc4c3)CC2)c1. The van der Waals surface area contributed by atoms with Gasteiger partial charge >= 0.3 is 18.0 Å². The highest BCUT2D eigenvalue weighted by Gasteiger charge is 2.45. The van der Waals surface area contributed by atoms with Crippen LogP contribution in [0.2, 0.25) is 0 Å². The van der Waals surface area contributed by atoms with E-state index in [1.54, 1.807) is 18.2 Å².